The Hall–Kier alpha value is -1.81. The van der Waals surface area contributed by atoms with Crippen LogP contribution < -0.4 is 10.1 Å². The Labute approximate surface area is 119 Å². The largest absolute Gasteiger partial charge is 0.486 e. The van der Waals surface area contributed by atoms with E-state index in [4.69, 9.17) is 4.74 Å². The van der Waals surface area contributed by atoms with E-state index in [2.05, 4.69) is 22.5 Å². The molecule has 1 saturated heterocycles. The van der Waals surface area contributed by atoms with Crippen LogP contribution in [-0.4, -0.2) is 22.9 Å². The second-order valence-electron chi connectivity index (χ2n) is 5.28. The summed E-state index contributed by atoms with van der Waals surface area (Å²) < 4.78 is 7.83. The average molecular weight is 271 g/mol. The maximum Gasteiger partial charge on any atom is 0.157 e. The van der Waals surface area contributed by atoms with Gasteiger partial charge in [-0.25, -0.2) is 0 Å². The maximum atomic E-state index is 5.79. The highest BCUT2D eigenvalue weighted by molar-refractivity contribution is 5.17. The highest BCUT2D eigenvalue weighted by Gasteiger charge is 2.14. The number of aromatic nitrogens is 2. The van der Waals surface area contributed by atoms with Crippen molar-refractivity contribution >= 4 is 0 Å². The predicted molar refractivity (Wildman–Crippen MR) is 78.8 cm³/mol. The van der Waals surface area contributed by atoms with Crippen LogP contribution in [0.2, 0.25) is 0 Å². The number of nitrogens with one attached hydrogen (secondary N) is 1. The van der Waals surface area contributed by atoms with E-state index < -0.39 is 0 Å². The zero-order chi connectivity index (χ0) is 13.6. The molecular weight excluding hydrogens is 250 g/mol. The number of hydrogen-bond acceptors (Lipinski definition) is 3. The van der Waals surface area contributed by atoms with Crippen molar-refractivity contribution in [3.63, 3.8) is 0 Å². The van der Waals surface area contributed by atoms with Crippen molar-refractivity contribution in [3.8, 4) is 5.75 Å². The number of hydrogen-bond donors (Lipinski definition) is 1. The van der Waals surface area contributed by atoms with Gasteiger partial charge in [-0.1, -0.05) is 36.8 Å². The van der Waals surface area contributed by atoms with Crippen molar-refractivity contribution in [2.45, 2.75) is 31.9 Å². The van der Waals surface area contributed by atoms with Crippen LogP contribution in [0.5, 0.6) is 5.75 Å². The summed E-state index contributed by atoms with van der Waals surface area (Å²) in [6, 6.07) is 10.7. The molecule has 106 valence electrons. The van der Waals surface area contributed by atoms with Gasteiger partial charge in [0, 0.05) is 6.54 Å². The van der Waals surface area contributed by atoms with Crippen LogP contribution in [0.25, 0.3) is 0 Å². The molecule has 1 N–H and O–H groups in total. The van der Waals surface area contributed by atoms with Gasteiger partial charge in [0.05, 0.1) is 18.4 Å². The standard InChI is InChI=1S/C16H21N3O/c1-2-6-14(7-3-1)13-20-16-11-18-19(12-16)15-8-4-5-9-17-10-15/h1-3,6-7,11-12,15,17H,4-5,8-10,13H2. The lowest BCUT2D eigenvalue weighted by molar-refractivity contribution is 0.305. The van der Waals surface area contributed by atoms with Gasteiger partial charge in [-0.05, 0) is 24.9 Å². The lowest BCUT2D eigenvalue weighted by Gasteiger charge is -2.14. The maximum absolute atomic E-state index is 5.79. The van der Waals surface area contributed by atoms with Gasteiger partial charge in [-0.2, -0.15) is 5.10 Å². The molecule has 1 aliphatic rings. The normalized spacial score (nSPS) is 19.5. The molecule has 3 rings (SSSR count). The van der Waals surface area contributed by atoms with E-state index in [1.54, 1.807) is 0 Å². The zero-order valence-electron chi connectivity index (χ0n) is 11.7. The molecule has 4 nitrogen and oxygen atoms in total. The third kappa shape index (κ3) is 3.39. The van der Waals surface area contributed by atoms with Crippen LogP contribution in [0.15, 0.2) is 42.7 Å². The van der Waals surface area contributed by atoms with Crippen molar-refractivity contribution in [1.82, 2.24) is 15.1 Å². The first-order valence-corrected chi connectivity index (χ1v) is 7.33. The summed E-state index contributed by atoms with van der Waals surface area (Å²) >= 11 is 0. The minimum Gasteiger partial charge on any atom is -0.486 e. The number of ether oxygens (including phenoxy) is 1. The van der Waals surface area contributed by atoms with Crippen LogP contribution in [0, 0.1) is 0 Å². The molecular formula is C16H21N3O. The molecule has 1 aromatic carbocycles. The minimum absolute atomic E-state index is 0.451. The van der Waals surface area contributed by atoms with Gasteiger partial charge in [0.25, 0.3) is 0 Å². The fourth-order valence-corrected chi connectivity index (χ4v) is 2.56. The highest BCUT2D eigenvalue weighted by atomic mass is 16.5. The summed E-state index contributed by atoms with van der Waals surface area (Å²) in [5, 5.41) is 7.91. The summed E-state index contributed by atoms with van der Waals surface area (Å²) in [5.41, 5.74) is 1.18. The Morgan fingerprint density at radius 3 is 3.05 bits per heavy atom. The summed E-state index contributed by atoms with van der Waals surface area (Å²) in [7, 11) is 0. The van der Waals surface area contributed by atoms with Crippen LogP contribution in [0.1, 0.15) is 30.9 Å². The molecule has 0 spiro atoms. The Balaban J connectivity index is 1.58. The van der Waals surface area contributed by atoms with Gasteiger partial charge in [-0.3, -0.25) is 4.68 Å². The van der Waals surface area contributed by atoms with Gasteiger partial charge in [0.15, 0.2) is 5.75 Å². The Bertz CT molecular complexity index is 516. The van der Waals surface area contributed by atoms with Crippen molar-refractivity contribution in [3.05, 3.63) is 48.3 Å². The van der Waals surface area contributed by atoms with Gasteiger partial charge in [0.1, 0.15) is 6.61 Å². The lowest BCUT2D eigenvalue weighted by atomic mass is 10.1. The predicted octanol–water partition coefficient (Wildman–Crippen LogP) is 2.78. The van der Waals surface area contributed by atoms with Gasteiger partial charge < -0.3 is 10.1 Å². The van der Waals surface area contributed by atoms with Crippen LogP contribution >= 0.6 is 0 Å². The smallest absolute Gasteiger partial charge is 0.157 e. The number of benzene rings is 1. The molecule has 2 aromatic rings. The number of nitrogens with zero attached hydrogens (tertiary/aromatic N) is 2. The van der Waals surface area contributed by atoms with E-state index in [-0.39, 0.29) is 0 Å². The van der Waals surface area contributed by atoms with Crippen molar-refractivity contribution in [2.24, 2.45) is 0 Å². The number of rotatable bonds is 4. The molecule has 20 heavy (non-hydrogen) atoms. The molecule has 1 atom stereocenters. The van der Waals surface area contributed by atoms with Gasteiger partial charge >= 0.3 is 0 Å². The van der Waals surface area contributed by atoms with E-state index in [1.807, 2.05) is 35.3 Å². The molecule has 1 aromatic heterocycles. The van der Waals surface area contributed by atoms with E-state index in [0.29, 0.717) is 12.6 Å². The second kappa shape index (κ2) is 6.57. The van der Waals surface area contributed by atoms with Gasteiger partial charge in [-0.15, -0.1) is 0 Å². The summed E-state index contributed by atoms with van der Waals surface area (Å²) in [6.45, 7) is 2.71. The van der Waals surface area contributed by atoms with E-state index >= 15 is 0 Å². The third-order valence-electron chi connectivity index (χ3n) is 3.72. The molecule has 4 heteroatoms. The molecule has 2 heterocycles. The van der Waals surface area contributed by atoms with E-state index in [1.165, 1.54) is 24.8 Å². The minimum atomic E-state index is 0.451. The topological polar surface area (TPSA) is 39.1 Å². The van der Waals surface area contributed by atoms with Crippen molar-refractivity contribution < 1.29 is 4.74 Å². The van der Waals surface area contributed by atoms with E-state index in [0.717, 1.165) is 18.8 Å². The Morgan fingerprint density at radius 2 is 2.15 bits per heavy atom. The molecule has 1 aliphatic heterocycles. The van der Waals surface area contributed by atoms with Crippen LogP contribution in [0.3, 0.4) is 0 Å². The SMILES string of the molecule is c1ccc(COc2cnn(C3CCCCNC3)c2)cc1. The molecule has 0 bridgehead atoms. The van der Waals surface area contributed by atoms with Crippen molar-refractivity contribution in [2.75, 3.05) is 13.1 Å². The first-order chi connectivity index (χ1) is 9.92. The molecule has 0 amide bonds. The average Bonchev–Trinajstić information content (AvgIpc) is 2.80. The molecule has 1 unspecified atom stereocenters. The first kappa shape index (κ1) is 13.2. The fraction of sp³-hybridized carbons (Fsp3) is 0.438. The summed E-state index contributed by atoms with van der Waals surface area (Å²) in [6.07, 6.45) is 7.54. The fourth-order valence-electron chi connectivity index (χ4n) is 2.56. The van der Waals surface area contributed by atoms with Crippen LogP contribution in [-0.2, 0) is 6.61 Å². The van der Waals surface area contributed by atoms with Crippen molar-refractivity contribution in [1.29, 1.82) is 0 Å². The quantitative estimate of drug-likeness (QED) is 0.929. The highest BCUT2D eigenvalue weighted by Crippen LogP contribution is 2.20. The van der Waals surface area contributed by atoms with E-state index in [9.17, 15) is 0 Å². The molecule has 0 aliphatic carbocycles. The Morgan fingerprint density at radius 1 is 1.25 bits per heavy atom. The van der Waals surface area contributed by atoms with Crippen LogP contribution in [0.4, 0.5) is 0 Å². The third-order valence-corrected chi connectivity index (χ3v) is 3.72. The van der Waals surface area contributed by atoms with Gasteiger partial charge in [0.2, 0.25) is 0 Å². The molecule has 1 fully saturated rings. The lowest BCUT2D eigenvalue weighted by Crippen LogP contribution is -2.23. The summed E-state index contributed by atoms with van der Waals surface area (Å²) in [4.78, 5) is 0. The molecule has 0 radical (unpaired) electrons. The monoisotopic (exact) mass is 271 g/mol. The summed E-state index contributed by atoms with van der Waals surface area (Å²) in [5.74, 6) is 0.845. The molecule has 0 saturated carbocycles. The zero-order valence-corrected chi connectivity index (χ0v) is 11.7. The second-order valence-corrected chi connectivity index (χ2v) is 5.28. The Kier molecular flexibility index (Phi) is 4.33. The first-order valence-electron chi connectivity index (χ1n) is 7.33.